The first-order valence-corrected chi connectivity index (χ1v) is 7.22. The molecule has 0 radical (unpaired) electrons. The molecule has 1 aliphatic rings. The fourth-order valence-corrected chi connectivity index (χ4v) is 3.10. The molecule has 1 aliphatic heterocycles. The minimum Gasteiger partial charge on any atom is -0.385 e. The van der Waals surface area contributed by atoms with Crippen LogP contribution in [-0.4, -0.2) is 42.6 Å². The van der Waals surface area contributed by atoms with Crippen molar-refractivity contribution < 1.29 is 4.74 Å². The molecule has 2 unspecified atom stereocenters. The van der Waals surface area contributed by atoms with Crippen LogP contribution in [0, 0.1) is 0 Å². The largest absolute Gasteiger partial charge is 0.385 e. The topological polar surface area (TPSA) is 12.5 Å². The van der Waals surface area contributed by atoms with Gasteiger partial charge in [-0.1, -0.05) is 28.8 Å². The zero-order valence-corrected chi connectivity index (χ0v) is 11.6. The quantitative estimate of drug-likeness (QED) is 0.717. The summed E-state index contributed by atoms with van der Waals surface area (Å²) in [6.45, 7) is 4.48. The molecule has 0 saturated carbocycles. The Labute approximate surface area is 102 Å². The van der Waals surface area contributed by atoms with Gasteiger partial charge in [-0.25, -0.2) is 0 Å². The molecule has 0 bridgehead atoms. The van der Waals surface area contributed by atoms with Crippen molar-refractivity contribution in [2.24, 2.45) is 0 Å². The Hall–Kier alpha value is 0.400. The summed E-state index contributed by atoms with van der Waals surface area (Å²) in [7, 11) is 1.79. The summed E-state index contributed by atoms with van der Waals surface area (Å²) in [5, 5.41) is 1.12. The summed E-state index contributed by atoms with van der Waals surface area (Å²) in [5.41, 5.74) is 0. The van der Waals surface area contributed by atoms with Gasteiger partial charge in [0.25, 0.3) is 0 Å². The second kappa shape index (κ2) is 7.64. The van der Waals surface area contributed by atoms with Gasteiger partial charge in [0.05, 0.1) is 0 Å². The van der Waals surface area contributed by atoms with E-state index in [9.17, 15) is 0 Å². The van der Waals surface area contributed by atoms with Gasteiger partial charge >= 0.3 is 0 Å². The number of nitrogens with zero attached hydrogens (tertiary/aromatic N) is 1. The van der Waals surface area contributed by atoms with Crippen LogP contribution in [0.15, 0.2) is 0 Å². The maximum Gasteiger partial charge on any atom is 0.0477 e. The Bertz CT molecular complexity index is 166. The molecular formula is C12H24BrNO. The lowest BCUT2D eigenvalue weighted by molar-refractivity contribution is 0.115. The number of hydrogen-bond acceptors (Lipinski definition) is 2. The number of halogens is 1. The fraction of sp³-hybridized carbons (Fsp3) is 1.00. The highest BCUT2D eigenvalue weighted by Crippen LogP contribution is 2.21. The van der Waals surface area contributed by atoms with E-state index in [0.717, 1.165) is 24.4 Å². The average Bonchev–Trinajstić information content (AvgIpc) is 2.50. The highest BCUT2D eigenvalue weighted by Gasteiger charge is 2.23. The number of hydrogen-bond donors (Lipinski definition) is 0. The van der Waals surface area contributed by atoms with E-state index in [1.807, 2.05) is 0 Å². The molecule has 15 heavy (non-hydrogen) atoms. The molecule has 1 saturated heterocycles. The smallest absolute Gasteiger partial charge is 0.0477 e. The molecule has 90 valence electrons. The number of alkyl halides is 1. The average molecular weight is 278 g/mol. The van der Waals surface area contributed by atoms with E-state index in [0.29, 0.717) is 6.04 Å². The van der Waals surface area contributed by atoms with E-state index in [-0.39, 0.29) is 0 Å². The molecule has 0 spiro atoms. The Balaban J connectivity index is 2.45. The van der Waals surface area contributed by atoms with Crippen LogP contribution in [0.1, 0.15) is 39.0 Å². The van der Waals surface area contributed by atoms with Gasteiger partial charge in [0.1, 0.15) is 0 Å². The SMILES string of the molecule is COCCC(C)N1CCCCCC1CBr. The summed E-state index contributed by atoms with van der Waals surface area (Å²) in [6.07, 6.45) is 6.66. The van der Waals surface area contributed by atoms with Gasteiger partial charge in [-0.2, -0.15) is 0 Å². The molecule has 1 rings (SSSR count). The molecule has 1 heterocycles. The van der Waals surface area contributed by atoms with E-state index in [1.165, 1.54) is 32.2 Å². The lowest BCUT2D eigenvalue weighted by Crippen LogP contribution is -2.42. The normalized spacial score (nSPS) is 26.2. The van der Waals surface area contributed by atoms with Gasteiger partial charge in [0, 0.05) is 31.1 Å². The molecule has 2 nitrogen and oxygen atoms in total. The number of rotatable bonds is 5. The van der Waals surface area contributed by atoms with Crippen LogP contribution in [0.3, 0.4) is 0 Å². The minimum absolute atomic E-state index is 0.658. The second-order valence-electron chi connectivity index (χ2n) is 4.53. The van der Waals surface area contributed by atoms with E-state index in [1.54, 1.807) is 7.11 Å². The molecule has 0 N–H and O–H groups in total. The van der Waals surface area contributed by atoms with E-state index in [2.05, 4.69) is 27.8 Å². The zero-order chi connectivity index (χ0) is 11.1. The number of ether oxygens (including phenoxy) is 1. The van der Waals surface area contributed by atoms with Crippen LogP contribution in [0.4, 0.5) is 0 Å². The third-order valence-corrected chi connectivity index (χ3v) is 4.15. The van der Waals surface area contributed by atoms with Gasteiger partial charge in [-0.3, -0.25) is 4.90 Å². The third-order valence-electron chi connectivity index (χ3n) is 3.41. The minimum atomic E-state index is 0.658. The molecular weight excluding hydrogens is 254 g/mol. The van der Waals surface area contributed by atoms with Gasteiger partial charge < -0.3 is 4.74 Å². The molecule has 2 atom stereocenters. The summed E-state index contributed by atoms with van der Waals surface area (Å²) in [5.74, 6) is 0. The van der Waals surface area contributed by atoms with Crippen LogP contribution >= 0.6 is 15.9 Å². The highest BCUT2D eigenvalue weighted by atomic mass is 79.9. The monoisotopic (exact) mass is 277 g/mol. The van der Waals surface area contributed by atoms with Crippen LogP contribution in [0.5, 0.6) is 0 Å². The standard InChI is InChI=1S/C12H24BrNO/c1-11(7-9-15-2)14-8-5-3-4-6-12(14)10-13/h11-12H,3-10H2,1-2H3. The van der Waals surface area contributed by atoms with Crippen LogP contribution < -0.4 is 0 Å². The van der Waals surface area contributed by atoms with Gasteiger partial charge in [0.2, 0.25) is 0 Å². The Morgan fingerprint density at radius 2 is 2.20 bits per heavy atom. The van der Waals surface area contributed by atoms with E-state index in [4.69, 9.17) is 4.74 Å². The van der Waals surface area contributed by atoms with Crippen LogP contribution in [-0.2, 0) is 4.74 Å². The van der Waals surface area contributed by atoms with Crippen molar-refractivity contribution in [3.05, 3.63) is 0 Å². The first kappa shape index (κ1) is 13.5. The van der Waals surface area contributed by atoms with Crippen molar-refractivity contribution in [3.63, 3.8) is 0 Å². The lowest BCUT2D eigenvalue weighted by Gasteiger charge is -2.34. The second-order valence-corrected chi connectivity index (χ2v) is 5.17. The van der Waals surface area contributed by atoms with Crippen molar-refractivity contribution >= 4 is 15.9 Å². The molecule has 3 heteroatoms. The van der Waals surface area contributed by atoms with Crippen LogP contribution in [0.2, 0.25) is 0 Å². The Morgan fingerprint density at radius 1 is 1.40 bits per heavy atom. The predicted octanol–water partition coefficient (Wildman–Crippen LogP) is 3.05. The number of likely N-dealkylation sites (tertiary alicyclic amines) is 1. The summed E-state index contributed by atoms with van der Waals surface area (Å²) in [4.78, 5) is 2.67. The van der Waals surface area contributed by atoms with Crippen molar-refractivity contribution in [2.75, 3.05) is 25.6 Å². The Morgan fingerprint density at radius 3 is 2.87 bits per heavy atom. The van der Waals surface area contributed by atoms with Gasteiger partial charge in [-0.15, -0.1) is 0 Å². The van der Waals surface area contributed by atoms with Crippen LogP contribution in [0.25, 0.3) is 0 Å². The van der Waals surface area contributed by atoms with E-state index < -0.39 is 0 Å². The molecule has 0 aromatic rings. The first-order chi connectivity index (χ1) is 7.29. The predicted molar refractivity (Wildman–Crippen MR) is 68.7 cm³/mol. The van der Waals surface area contributed by atoms with Crippen molar-refractivity contribution in [2.45, 2.75) is 51.1 Å². The van der Waals surface area contributed by atoms with E-state index >= 15 is 0 Å². The van der Waals surface area contributed by atoms with Crippen molar-refractivity contribution in [1.29, 1.82) is 0 Å². The summed E-state index contributed by atoms with van der Waals surface area (Å²) >= 11 is 3.65. The molecule has 0 amide bonds. The summed E-state index contributed by atoms with van der Waals surface area (Å²) < 4.78 is 5.17. The zero-order valence-electron chi connectivity index (χ0n) is 10.0. The highest BCUT2D eigenvalue weighted by molar-refractivity contribution is 9.09. The van der Waals surface area contributed by atoms with Gasteiger partial charge in [-0.05, 0) is 32.7 Å². The molecule has 0 aromatic carbocycles. The molecule has 1 fully saturated rings. The first-order valence-electron chi connectivity index (χ1n) is 6.10. The fourth-order valence-electron chi connectivity index (χ4n) is 2.40. The van der Waals surface area contributed by atoms with Gasteiger partial charge in [0.15, 0.2) is 0 Å². The Kier molecular flexibility index (Phi) is 6.86. The third kappa shape index (κ3) is 4.41. The van der Waals surface area contributed by atoms with Crippen molar-refractivity contribution in [3.8, 4) is 0 Å². The lowest BCUT2D eigenvalue weighted by atomic mass is 10.1. The molecule has 0 aromatic heterocycles. The molecule has 0 aliphatic carbocycles. The number of methoxy groups -OCH3 is 1. The maximum atomic E-state index is 5.17. The maximum absolute atomic E-state index is 5.17. The summed E-state index contributed by atoms with van der Waals surface area (Å²) in [6, 6.07) is 1.39. The van der Waals surface area contributed by atoms with Crippen molar-refractivity contribution in [1.82, 2.24) is 4.90 Å².